The van der Waals surface area contributed by atoms with Crippen LogP contribution in [0.15, 0.2) is 10.9 Å². The van der Waals surface area contributed by atoms with E-state index in [4.69, 9.17) is 4.74 Å². The molecular weight excluding hydrogens is 282 g/mol. The number of methoxy groups -OCH3 is 1. The molecule has 2 heterocycles. The molecule has 6 nitrogen and oxygen atoms in total. The quantitative estimate of drug-likeness (QED) is 0.864. The number of carbonyl (C=O) groups excluding carboxylic acids is 1. The first-order valence-electron chi connectivity index (χ1n) is 7.61. The number of amides is 1. The van der Waals surface area contributed by atoms with Gasteiger partial charge in [-0.2, -0.15) is 0 Å². The van der Waals surface area contributed by atoms with Crippen LogP contribution in [0.4, 0.5) is 0 Å². The fourth-order valence-corrected chi connectivity index (χ4v) is 2.74. The monoisotopic (exact) mass is 307 g/mol. The average Bonchev–Trinajstić information content (AvgIpc) is 2.86. The molecule has 1 aromatic heterocycles. The van der Waals surface area contributed by atoms with E-state index in [0.29, 0.717) is 6.04 Å². The summed E-state index contributed by atoms with van der Waals surface area (Å²) < 4.78 is 5.47. The van der Waals surface area contributed by atoms with Gasteiger partial charge in [0.15, 0.2) is 0 Å². The summed E-state index contributed by atoms with van der Waals surface area (Å²) in [5.41, 5.74) is 1.47. The van der Waals surface area contributed by atoms with Gasteiger partial charge in [-0.25, -0.2) is 0 Å². The number of hydrogen-bond acceptors (Lipinski definition) is 4. The Bertz CT molecular complexity index is 609. The Morgan fingerprint density at radius 3 is 2.68 bits per heavy atom. The molecule has 0 spiro atoms. The molecule has 1 fully saturated rings. The van der Waals surface area contributed by atoms with Crippen LogP contribution in [0.5, 0.6) is 0 Å². The van der Waals surface area contributed by atoms with E-state index in [1.165, 1.54) is 0 Å². The maximum absolute atomic E-state index is 12.4. The van der Waals surface area contributed by atoms with Crippen molar-refractivity contribution in [3.05, 3.63) is 33.2 Å². The summed E-state index contributed by atoms with van der Waals surface area (Å²) in [4.78, 5) is 29.4. The van der Waals surface area contributed by atoms with Gasteiger partial charge in [0.1, 0.15) is 5.56 Å². The number of hydrogen-bond donors (Lipinski definition) is 2. The minimum Gasteiger partial charge on any atom is -0.378 e. The number of carbonyl (C=O) groups is 1. The smallest absolute Gasteiger partial charge is 0.261 e. The summed E-state index contributed by atoms with van der Waals surface area (Å²) >= 11 is 0. The molecule has 0 unspecified atom stereocenters. The van der Waals surface area contributed by atoms with E-state index in [2.05, 4.69) is 29.0 Å². The molecule has 0 aromatic carbocycles. The largest absolute Gasteiger partial charge is 0.378 e. The first-order chi connectivity index (χ1) is 10.3. The minimum absolute atomic E-state index is 0.0584. The number of H-pyrrole nitrogens is 1. The molecule has 0 aliphatic carbocycles. The van der Waals surface area contributed by atoms with Crippen LogP contribution in [0.3, 0.4) is 0 Å². The van der Waals surface area contributed by atoms with Crippen molar-refractivity contribution in [2.24, 2.45) is 0 Å². The Morgan fingerprint density at radius 1 is 1.41 bits per heavy atom. The Morgan fingerprint density at radius 2 is 2.09 bits per heavy atom. The highest BCUT2D eigenvalue weighted by atomic mass is 16.5. The highest BCUT2D eigenvalue weighted by molar-refractivity contribution is 5.94. The van der Waals surface area contributed by atoms with Crippen LogP contribution in [0.2, 0.25) is 0 Å². The van der Waals surface area contributed by atoms with Crippen molar-refractivity contribution in [1.29, 1.82) is 0 Å². The predicted molar refractivity (Wildman–Crippen MR) is 85.3 cm³/mol. The van der Waals surface area contributed by atoms with E-state index in [1.807, 2.05) is 13.8 Å². The standard InChI is InChI=1S/C16H25N3O3/c1-9(2)19-7-13(14(8-19)22-5)18-16(21)12-6-10(3)11(4)17-15(12)20/h6,9,13-14H,7-8H2,1-5H3,(H,17,20)(H,18,21)/t13-,14-/m0/s1. The van der Waals surface area contributed by atoms with Crippen LogP contribution < -0.4 is 10.9 Å². The second kappa shape index (κ2) is 6.62. The molecule has 0 radical (unpaired) electrons. The lowest BCUT2D eigenvalue weighted by molar-refractivity contribution is 0.0752. The third kappa shape index (κ3) is 3.39. The minimum atomic E-state index is -0.353. The summed E-state index contributed by atoms with van der Waals surface area (Å²) in [7, 11) is 1.65. The Hall–Kier alpha value is -1.66. The number of ether oxygens (including phenoxy) is 1. The van der Waals surface area contributed by atoms with Crippen molar-refractivity contribution in [2.75, 3.05) is 20.2 Å². The molecule has 2 N–H and O–H groups in total. The summed E-state index contributed by atoms with van der Waals surface area (Å²) in [5.74, 6) is -0.345. The number of nitrogens with zero attached hydrogens (tertiary/aromatic N) is 1. The number of nitrogens with one attached hydrogen (secondary N) is 2. The van der Waals surface area contributed by atoms with Gasteiger partial charge in [0.2, 0.25) is 0 Å². The first kappa shape index (κ1) is 16.7. The third-order valence-electron chi connectivity index (χ3n) is 4.39. The molecule has 122 valence electrons. The normalized spacial score (nSPS) is 22.3. The fourth-order valence-electron chi connectivity index (χ4n) is 2.74. The lowest BCUT2D eigenvalue weighted by atomic mass is 10.1. The van der Waals surface area contributed by atoms with E-state index in [0.717, 1.165) is 24.3 Å². The third-order valence-corrected chi connectivity index (χ3v) is 4.39. The molecule has 1 aliphatic rings. The fraction of sp³-hybridized carbons (Fsp3) is 0.625. The lowest BCUT2D eigenvalue weighted by Crippen LogP contribution is -2.45. The summed E-state index contributed by atoms with van der Waals surface area (Å²) in [6.07, 6.45) is -0.0584. The van der Waals surface area contributed by atoms with E-state index < -0.39 is 0 Å². The van der Waals surface area contributed by atoms with Crippen LogP contribution in [0, 0.1) is 13.8 Å². The molecule has 1 amide bonds. The number of rotatable bonds is 4. The molecule has 0 saturated carbocycles. The zero-order valence-corrected chi connectivity index (χ0v) is 13.9. The second-order valence-electron chi connectivity index (χ2n) is 6.22. The number of aromatic amines is 1. The van der Waals surface area contributed by atoms with Gasteiger partial charge < -0.3 is 15.0 Å². The summed E-state index contributed by atoms with van der Waals surface area (Å²) in [6, 6.07) is 1.92. The molecule has 1 aliphatic heterocycles. The van der Waals surface area contributed by atoms with Crippen molar-refractivity contribution >= 4 is 5.91 Å². The van der Waals surface area contributed by atoms with Crippen molar-refractivity contribution in [2.45, 2.75) is 45.9 Å². The number of pyridine rings is 1. The summed E-state index contributed by atoms with van der Waals surface area (Å²) in [6.45, 7) is 9.43. The Kier molecular flexibility index (Phi) is 5.03. The van der Waals surface area contributed by atoms with Crippen LogP contribution in [-0.2, 0) is 4.74 Å². The highest BCUT2D eigenvalue weighted by Crippen LogP contribution is 2.16. The zero-order valence-electron chi connectivity index (χ0n) is 13.9. The van der Waals surface area contributed by atoms with Gasteiger partial charge in [-0.15, -0.1) is 0 Å². The Labute approximate surface area is 130 Å². The van der Waals surface area contributed by atoms with Gasteiger partial charge in [0, 0.05) is 31.9 Å². The zero-order chi connectivity index (χ0) is 16.4. The van der Waals surface area contributed by atoms with Gasteiger partial charge in [-0.3, -0.25) is 14.5 Å². The molecular formula is C16H25N3O3. The van der Waals surface area contributed by atoms with Gasteiger partial charge in [0.05, 0.1) is 12.1 Å². The molecule has 22 heavy (non-hydrogen) atoms. The maximum atomic E-state index is 12.4. The molecule has 1 saturated heterocycles. The molecule has 0 bridgehead atoms. The van der Waals surface area contributed by atoms with Gasteiger partial charge in [0.25, 0.3) is 11.5 Å². The number of aromatic nitrogens is 1. The summed E-state index contributed by atoms with van der Waals surface area (Å²) in [5, 5.41) is 2.94. The Balaban J connectivity index is 2.15. The predicted octanol–water partition coefficient (Wildman–Crippen LogP) is 0.829. The number of aryl methyl sites for hydroxylation is 2. The molecule has 6 heteroatoms. The van der Waals surface area contributed by atoms with E-state index in [9.17, 15) is 9.59 Å². The lowest BCUT2D eigenvalue weighted by Gasteiger charge is -2.20. The van der Waals surface area contributed by atoms with E-state index >= 15 is 0 Å². The highest BCUT2D eigenvalue weighted by Gasteiger charge is 2.35. The molecule has 1 aromatic rings. The number of likely N-dealkylation sites (tertiary alicyclic amines) is 1. The SMILES string of the molecule is CO[C@H]1CN(C(C)C)C[C@@H]1NC(=O)c1cc(C)c(C)[nH]c1=O. The molecule has 2 atom stereocenters. The van der Waals surface area contributed by atoms with E-state index in [-0.39, 0.29) is 29.2 Å². The average molecular weight is 307 g/mol. The van der Waals surface area contributed by atoms with Crippen LogP contribution in [0.25, 0.3) is 0 Å². The van der Waals surface area contributed by atoms with Crippen LogP contribution in [-0.4, -0.2) is 54.2 Å². The van der Waals surface area contributed by atoms with Gasteiger partial charge in [-0.05, 0) is 39.3 Å². The van der Waals surface area contributed by atoms with Crippen molar-refractivity contribution < 1.29 is 9.53 Å². The molecule has 2 rings (SSSR count). The van der Waals surface area contributed by atoms with Crippen LogP contribution in [0.1, 0.15) is 35.5 Å². The maximum Gasteiger partial charge on any atom is 0.261 e. The van der Waals surface area contributed by atoms with Crippen molar-refractivity contribution in [3.8, 4) is 0 Å². The van der Waals surface area contributed by atoms with Gasteiger partial charge >= 0.3 is 0 Å². The van der Waals surface area contributed by atoms with Crippen LogP contribution >= 0.6 is 0 Å². The van der Waals surface area contributed by atoms with Crippen molar-refractivity contribution in [1.82, 2.24) is 15.2 Å². The van der Waals surface area contributed by atoms with E-state index in [1.54, 1.807) is 13.2 Å². The second-order valence-corrected chi connectivity index (χ2v) is 6.22. The topological polar surface area (TPSA) is 74.4 Å². The van der Waals surface area contributed by atoms with Gasteiger partial charge in [-0.1, -0.05) is 0 Å². The van der Waals surface area contributed by atoms with Crippen molar-refractivity contribution in [3.63, 3.8) is 0 Å². The first-order valence-corrected chi connectivity index (χ1v) is 7.61.